The molecule has 0 amide bonds. The average molecular weight is 1140 g/mol. The van der Waals surface area contributed by atoms with Gasteiger partial charge in [-0.15, -0.1) is 33.1 Å². The normalized spacial score (nSPS) is 11.6. The number of hydrogen-bond donors (Lipinski definition) is 4. The van der Waals surface area contributed by atoms with E-state index in [1.165, 1.54) is 43.1 Å². The highest BCUT2D eigenvalue weighted by molar-refractivity contribution is 7.98. The number of fused-ring (bicyclic) bond motifs is 2. The van der Waals surface area contributed by atoms with Crippen LogP contribution in [0.5, 0.6) is 11.5 Å². The van der Waals surface area contributed by atoms with Gasteiger partial charge < -0.3 is 29.9 Å². The van der Waals surface area contributed by atoms with Crippen molar-refractivity contribution in [1.29, 1.82) is 0 Å². The third-order valence-electron chi connectivity index (χ3n) is 11.9. The van der Waals surface area contributed by atoms with Gasteiger partial charge in [-0.05, 0) is 80.4 Å². The minimum atomic E-state index is -4.74. The fraction of sp³-hybridized carbons (Fsp3) is 0.212. The van der Waals surface area contributed by atoms with Crippen molar-refractivity contribution < 1.29 is 48.0 Å². The van der Waals surface area contributed by atoms with Gasteiger partial charge in [-0.3, -0.25) is 9.11 Å². The van der Waals surface area contributed by atoms with E-state index in [-0.39, 0.29) is 39.1 Å². The molecule has 8 aromatic rings. The Hall–Kier alpha value is -8.14. The predicted molar refractivity (Wildman–Crippen MR) is 301 cm³/mol. The summed E-state index contributed by atoms with van der Waals surface area (Å²) in [7, 11) is -9.22. The van der Waals surface area contributed by atoms with Crippen LogP contribution in [0.25, 0.3) is 21.5 Å². The van der Waals surface area contributed by atoms with Crippen molar-refractivity contribution in [3.05, 3.63) is 133 Å². The van der Waals surface area contributed by atoms with Gasteiger partial charge in [0.2, 0.25) is 11.9 Å². The molecule has 7 aromatic carbocycles. The summed E-state index contributed by atoms with van der Waals surface area (Å²) in [6.07, 6.45) is 0. The molecular formula is C52H53N11O11S4. The van der Waals surface area contributed by atoms with E-state index in [0.717, 1.165) is 16.5 Å². The Balaban J connectivity index is 0.00000213. The molecule has 0 aliphatic carbocycles. The minimum Gasteiger partial charge on any atom is -0.494 e. The van der Waals surface area contributed by atoms with Crippen LogP contribution in [0.4, 0.5) is 57.4 Å². The van der Waals surface area contributed by atoms with Crippen LogP contribution in [0.1, 0.15) is 33.3 Å². The Morgan fingerprint density at radius 2 is 1.05 bits per heavy atom. The van der Waals surface area contributed by atoms with Gasteiger partial charge in [-0.2, -0.15) is 31.8 Å². The third kappa shape index (κ3) is 14.3. The Kier molecular flexibility index (Phi) is 19.0. The molecule has 22 nitrogen and oxygen atoms in total. The lowest BCUT2D eigenvalue weighted by Crippen LogP contribution is -2.22. The molecule has 406 valence electrons. The highest BCUT2D eigenvalue weighted by Crippen LogP contribution is 2.44. The molecule has 78 heavy (non-hydrogen) atoms. The molecule has 0 saturated heterocycles. The van der Waals surface area contributed by atoms with Gasteiger partial charge in [0.05, 0.1) is 47.6 Å². The molecule has 0 aliphatic heterocycles. The fourth-order valence-electron chi connectivity index (χ4n) is 8.20. The predicted octanol–water partition coefficient (Wildman–Crippen LogP) is 12.0. The van der Waals surface area contributed by atoms with E-state index < -0.39 is 35.7 Å². The number of methoxy groups -OCH3 is 2. The number of rotatable bonds is 21. The first-order chi connectivity index (χ1) is 37.4. The molecule has 1 heterocycles. The number of anilines is 6. The number of benzene rings is 7. The van der Waals surface area contributed by atoms with Gasteiger partial charge in [-0.1, -0.05) is 90.6 Å². The third-order valence-corrected chi connectivity index (χ3v) is 14.6. The molecule has 4 N–H and O–H groups in total. The highest BCUT2D eigenvalue weighted by atomic mass is 32.2. The number of aromatic nitrogens is 3. The second-order valence-corrected chi connectivity index (χ2v) is 20.7. The van der Waals surface area contributed by atoms with Crippen LogP contribution >= 0.6 is 11.8 Å². The zero-order chi connectivity index (χ0) is 56.1. The number of nitrogens with one attached hydrogen (secondary N) is 2. The zero-order valence-corrected chi connectivity index (χ0v) is 46.2. The first-order valence-corrected chi connectivity index (χ1v) is 28.7. The number of hydrogen-bond acceptors (Lipinski definition) is 21. The van der Waals surface area contributed by atoms with Gasteiger partial charge in [0.25, 0.3) is 20.2 Å². The van der Waals surface area contributed by atoms with Crippen LogP contribution in [0.15, 0.2) is 163 Å². The van der Waals surface area contributed by atoms with E-state index >= 15 is 0 Å². The molecule has 0 fully saturated rings. The van der Waals surface area contributed by atoms with Gasteiger partial charge in [-0.25, -0.2) is 0 Å². The number of ether oxygens (including phenoxy) is 2. The smallest absolute Gasteiger partial charge is 0.425 e. The van der Waals surface area contributed by atoms with Crippen LogP contribution in [0.2, 0.25) is 0 Å². The summed E-state index contributed by atoms with van der Waals surface area (Å²) in [6.45, 7) is 10.6. The van der Waals surface area contributed by atoms with Crippen LogP contribution in [-0.4, -0.2) is 93.9 Å². The van der Waals surface area contributed by atoms with Crippen molar-refractivity contribution in [3.8, 4) is 11.5 Å². The van der Waals surface area contributed by atoms with Crippen molar-refractivity contribution in [2.24, 2.45) is 20.5 Å². The number of thioether (sulfide) groups is 1. The topological polar surface area (TPSA) is 297 Å². The Bertz CT molecular complexity index is 3890. The summed E-state index contributed by atoms with van der Waals surface area (Å²) in [6, 6.07) is 36.6. The lowest BCUT2D eigenvalue weighted by molar-refractivity contribution is 0.414. The van der Waals surface area contributed by atoms with E-state index in [0.29, 0.717) is 82.5 Å². The molecule has 1 aromatic heterocycles. The monoisotopic (exact) mass is 1140 g/mol. The molecule has 8 rings (SSSR count). The second-order valence-electron chi connectivity index (χ2n) is 16.6. The number of azo groups is 2. The van der Waals surface area contributed by atoms with E-state index in [1.54, 1.807) is 61.7 Å². The maximum Gasteiger partial charge on any atom is 0.425 e. The average Bonchev–Trinajstić information content (AvgIpc) is 3.44. The summed E-state index contributed by atoms with van der Waals surface area (Å²) >= 11 is 1.17. The van der Waals surface area contributed by atoms with Crippen LogP contribution in [0, 0.1) is 0 Å². The molecule has 0 saturated carbocycles. The summed E-state index contributed by atoms with van der Waals surface area (Å²) in [5.74, 6) is 1.29. The van der Waals surface area contributed by atoms with Crippen molar-refractivity contribution in [2.75, 3.05) is 60.8 Å². The van der Waals surface area contributed by atoms with E-state index in [4.69, 9.17) is 47.3 Å². The first kappa shape index (κ1) is 57.6. The van der Waals surface area contributed by atoms with E-state index in [9.17, 15) is 25.9 Å². The SMILES string of the molecule is CCN(CC)c1cc(Nc2nc(Nc3cc(N(CC)CC)c(OC)cc3N=Nc3c(S(=O)(=O)O)ccc4ccccc34)nc(SCc3cccc(S(=O)(=O)O)c3)n2)c(N=Nc2cccc3ccccc23)cc1OC.O=S(=O)=O. The summed E-state index contributed by atoms with van der Waals surface area (Å²) in [5, 5.41) is 28.5. The van der Waals surface area contributed by atoms with Gasteiger partial charge in [0, 0.05) is 54.8 Å². The maximum atomic E-state index is 12.7. The van der Waals surface area contributed by atoms with Crippen molar-refractivity contribution in [2.45, 2.75) is 48.4 Å². The Morgan fingerprint density at radius 1 is 0.564 bits per heavy atom. The van der Waals surface area contributed by atoms with Gasteiger partial charge in [0.15, 0.2) is 5.16 Å². The van der Waals surface area contributed by atoms with Crippen LogP contribution < -0.4 is 29.9 Å². The summed E-state index contributed by atoms with van der Waals surface area (Å²) in [5.41, 5.74) is 3.97. The van der Waals surface area contributed by atoms with E-state index in [1.807, 2.05) is 76.2 Å². The van der Waals surface area contributed by atoms with Gasteiger partial charge in [0.1, 0.15) is 33.5 Å². The molecular weight excluding hydrogens is 1080 g/mol. The maximum absolute atomic E-state index is 12.7. The molecule has 0 radical (unpaired) electrons. The number of nitrogens with zero attached hydrogens (tertiary/aromatic N) is 9. The fourth-order valence-corrected chi connectivity index (χ4v) is 10.2. The molecule has 0 bridgehead atoms. The van der Waals surface area contributed by atoms with Crippen LogP contribution in [-0.2, 0) is 36.6 Å². The molecule has 26 heteroatoms. The Labute approximate surface area is 456 Å². The van der Waals surface area contributed by atoms with Crippen molar-refractivity contribution >= 4 is 122 Å². The molecule has 0 aliphatic rings. The highest BCUT2D eigenvalue weighted by Gasteiger charge is 2.22. The second kappa shape index (κ2) is 25.8. The minimum absolute atomic E-state index is 0.0315. The first-order valence-electron chi connectivity index (χ1n) is 23.9. The zero-order valence-electron chi connectivity index (χ0n) is 42.9. The van der Waals surface area contributed by atoms with E-state index in [2.05, 4.69) is 30.7 Å². The largest absolute Gasteiger partial charge is 0.494 e. The van der Waals surface area contributed by atoms with Crippen molar-refractivity contribution in [3.63, 3.8) is 0 Å². The summed E-state index contributed by atoms with van der Waals surface area (Å²) in [4.78, 5) is 18.0. The van der Waals surface area contributed by atoms with Crippen molar-refractivity contribution in [1.82, 2.24) is 15.0 Å². The van der Waals surface area contributed by atoms with Gasteiger partial charge >= 0.3 is 10.6 Å². The van der Waals surface area contributed by atoms with Crippen LogP contribution in [0.3, 0.4) is 0 Å². The quantitative estimate of drug-likeness (QED) is 0.0295. The molecule has 0 spiro atoms. The summed E-state index contributed by atoms with van der Waals surface area (Å²) < 4.78 is 107. The standard InChI is InChI=1S/C52H53N11O8S3.O3S/c1-7-62(8-2)44-28-40(42(30-46(44)70-5)59-58-39-24-16-20-34-18-11-13-22-37(34)39)53-50-55-51(57-52(56-50)72-32-33-17-15-21-36(27-33)73(64,65)66)54-41-29-45(63(9-3)10-4)47(71-6)31-43(41)60-61-49-38-23-14-12-19-35(38)25-26-48(49)74(67,68)69;1-4(2)3/h11-31H,7-10,32H2,1-6H3,(H,64,65,66)(H,67,68,69)(H2,53,54,55,56,57);. The molecule has 0 atom stereocenters. The Morgan fingerprint density at radius 3 is 1.58 bits per heavy atom. The molecule has 0 unspecified atom stereocenters. The lowest BCUT2D eigenvalue weighted by Gasteiger charge is -2.25. The lowest BCUT2D eigenvalue weighted by atomic mass is 10.1.